The largest absolute Gasteiger partial charge is 0.494 e. The van der Waals surface area contributed by atoms with Gasteiger partial charge < -0.3 is 15.0 Å². The summed E-state index contributed by atoms with van der Waals surface area (Å²) >= 11 is 12.2. The lowest BCUT2D eigenvalue weighted by atomic mass is 10.1. The molecule has 3 aromatic rings. The smallest absolute Gasteiger partial charge is 0.264 e. The molecule has 0 aromatic heterocycles. The predicted molar refractivity (Wildman–Crippen MR) is 163 cm³/mol. The summed E-state index contributed by atoms with van der Waals surface area (Å²) in [6.07, 6.45) is 0. The molecular formula is C30H35Cl2N3O5S. The summed E-state index contributed by atoms with van der Waals surface area (Å²) in [7, 11) is -4.21. The number of halogens is 2. The summed E-state index contributed by atoms with van der Waals surface area (Å²) in [4.78, 5) is 28.5. The van der Waals surface area contributed by atoms with Gasteiger partial charge in [0.05, 0.1) is 17.2 Å². The first-order valence-electron chi connectivity index (χ1n) is 13.1. The molecule has 0 radical (unpaired) electrons. The number of anilines is 1. The maximum Gasteiger partial charge on any atom is 0.264 e. The van der Waals surface area contributed by atoms with E-state index in [4.69, 9.17) is 27.9 Å². The fraction of sp³-hybridized carbons (Fsp3) is 0.333. The van der Waals surface area contributed by atoms with E-state index in [1.165, 1.54) is 29.2 Å². The Kier molecular flexibility index (Phi) is 10.7. The molecule has 41 heavy (non-hydrogen) atoms. The van der Waals surface area contributed by atoms with Gasteiger partial charge in [-0.25, -0.2) is 8.42 Å². The minimum absolute atomic E-state index is 0.0379. The summed E-state index contributed by atoms with van der Waals surface area (Å²) in [5, 5.41) is 3.75. The van der Waals surface area contributed by atoms with Crippen molar-refractivity contribution in [2.75, 3.05) is 17.5 Å². The molecule has 0 heterocycles. The number of sulfonamides is 1. The van der Waals surface area contributed by atoms with Crippen LogP contribution in [0.4, 0.5) is 5.69 Å². The highest BCUT2D eigenvalue weighted by Crippen LogP contribution is 2.27. The maximum atomic E-state index is 14.0. The summed E-state index contributed by atoms with van der Waals surface area (Å²) in [6.45, 7) is 8.89. The van der Waals surface area contributed by atoms with Crippen molar-refractivity contribution >= 4 is 50.7 Å². The molecular weight excluding hydrogens is 585 g/mol. The number of hydrogen-bond donors (Lipinski definition) is 1. The van der Waals surface area contributed by atoms with Crippen molar-refractivity contribution in [1.29, 1.82) is 0 Å². The molecule has 1 N–H and O–H groups in total. The Balaban J connectivity index is 2.04. The Hall–Kier alpha value is -3.27. The molecule has 0 unspecified atom stereocenters. The topological polar surface area (TPSA) is 96.0 Å². The molecule has 0 aliphatic heterocycles. The molecule has 0 saturated carbocycles. The van der Waals surface area contributed by atoms with Crippen LogP contribution in [0.25, 0.3) is 0 Å². The summed E-state index contributed by atoms with van der Waals surface area (Å²) < 4.78 is 34.3. The lowest BCUT2D eigenvalue weighted by molar-refractivity contribution is -0.140. The van der Waals surface area contributed by atoms with Gasteiger partial charge in [-0.2, -0.15) is 0 Å². The van der Waals surface area contributed by atoms with Gasteiger partial charge in [0, 0.05) is 22.1 Å². The Morgan fingerprint density at radius 1 is 0.951 bits per heavy atom. The highest BCUT2D eigenvalue weighted by Gasteiger charge is 2.33. The number of ether oxygens (including phenoxy) is 1. The van der Waals surface area contributed by atoms with E-state index in [0.717, 1.165) is 4.31 Å². The van der Waals surface area contributed by atoms with Crippen molar-refractivity contribution < 1.29 is 22.7 Å². The quantitative estimate of drug-likeness (QED) is 0.287. The zero-order valence-electron chi connectivity index (χ0n) is 23.7. The number of carbonyl (C=O) groups is 2. The van der Waals surface area contributed by atoms with Gasteiger partial charge in [0.25, 0.3) is 10.0 Å². The molecule has 11 heteroatoms. The van der Waals surface area contributed by atoms with Crippen molar-refractivity contribution in [3.8, 4) is 5.75 Å². The van der Waals surface area contributed by atoms with Crippen LogP contribution >= 0.6 is 23.2 Å². The van der Waals surface area contributed by atoms with Crippen LogP contribution in [0, 0.1) is 0 Å². The van der Waals surface area contributed by atoms with E-state index in [-0.39, 0.29) is 23.0 Å². The normalized spacial score (nSPS) is 12.4. The molecule has 220 valence electrons. The number of benzene rings is 3. The molecule has 0 aliphatic rings. The molecule has 3 aromatic carbocycles. The van der Waals surface area contributed by atoms with E-state index in [0.29, 0.717) is 28.0 Å². The molecule has 0 aliphatic carbocycles. The molecule has 3 rings (SSSR count). The van der Waals surface area contributed by atoms with Crippen molar-refractivity contribution in [2.24, 2.45) is 0 Å². The third-order valence-electron chi connectivity index (χ3n) is 6.02. The van der Waals surface area contributed by atoms with Gasteiger partial charge in [0.1, 0.15) is 18.3 Å². The van der Waals surface area contributed by atoms with Crippen LogP contribution in [-0.4, -0.2) is 49.9 Å². The first-order chi connectivity index (χ1) is 19.2. The van der Waals surface area contributed by atoms with Crippen molar-refractivity contribution in [3.05, 3.63) is 88.4 Å². The van der Waals surface area contributed by atoms with Gasteiger partial charge in [0.15, 0.2) is 0 Å². The molecule has 0 fully saturated rings. The van der Waals surface area contributed by atoms with Gasteiger partial charge in [-0.1, -0.05) is 35.3 Å². The second-order valence-electron chi connectivity index (χ2n) is 10.5. The average Bonchev–Trinajstić information content (AvgIpc) is 2.90. The van der Waals surface area contributed by atoms with Gasteiger partial charge >= 0.3 is 0 Å². The SMILES string of the molecule is CCOc1ccc(N(CC(=O)N(Cc2cccc(Cl)c2)[C@H](C)C(=O)NC(C)(C)C)S(=O)(=O)c2ccc(Cl)cc2)cc1. The number of nitrogens with zero attached hydrogens (tertiary/aromatic N) is 2. The average molecular weight is 621 g/mol. The molecule has 2 amide bonds. The molecule has 8 nitrogen and oxygen atoms in total. The minimum Gasteiger partial charge on any atom is -0.494 e. The maximum absolute atomic E-state index is 14.0. The van der Waals surface area contributed by atoms with E-state index in [9.17, 15) is 18.0 Å². The van der Waals surface area contributed by atoms with Gasteiger partial charge in [0.2, 0.25) is 11.8 Å². The van der Waals surface area contributed by atoms with Crippen LogP contribution in [0.15, 0.2) is 77.7 Å². The van der Waals surface area contributed by atoms with E-state index >= 15 is 0 Å². The van der Waals surface area contributed by atoms with Crippen LogP contribution in [-0.2, 0) is 26.2 Å². The lowest BCUT2D eigenvalue weighted by Crippen LogP contribution is -2.54. The van der Waals surface area contributed by atoms with E-state index < -0.39 is 34.1 Å². The van der Waals surface area contributed by atoms with Crippen LogP contribution in [0.1, 0.15) is 40.2 Å². The Morgan fingerprint density at radius 2 is 1.59 bits per heavy atom. The monoisotopic (exact) mass is 619 g/mol. The number of hydrogen-bond acceptors (Lipinski definition) is 5. The van der Waals surface area contributed by atoms with Crippen LogP contribution in [0.3, 0.4) is 0 Å². The predicted octanol–water partition coefficient (Wildman–Crippen LogP) is 5.92. The van der Waals surface area contributed by atoms with Gasteiger partial charge in [-0.3, -0.25) is 13.9 Å². The number of carbonyl (C=O) groups excluding carboxylic acids is 2. The van der Waals surface area contributed by atoms with E-state index in [1.54, 1.807) is 55.5 Å². The Bertz CT molecular complexity index is 1460. The van der Waals surface area contributed by atoms with Crippen molar-refractivity contribution in [1.82, 2.24) is 10.2 Å². The minimum atomic E-state index is -4.21. The van der Waals surface area contributed by atoms with Gasteiger partial charge in [-0.15, -0.1) is 0 Å². The second kappa shape index (κ2) is 13.6. The van der Waals surface area contributed by atoms with E-state index in [1.807, 2.05) is 27.7 Å². The second-order valence-corrected chi connectivity index (χ2v) is 13.2. The van der Waals surface area contributed by atoms with Gasteiger partial charge in [-0.05, 0) is 101 Å². The summed E-state index contributed by atoms with van der Waals surface area (Å²) in [5.74, 6) is -0.393. The third kappa shape index (κ3) is 8.86. The summed E-state index contributed by atoms with van der Waals surface area (Å²) in [5.41, 5.74) is 0.406. The standard InChI is InChI=1S/C30H35Cl2N3O5S/c1-6-40-26-14-12-25(13-15-26)35(41(38,39)27-16-10-23(31)11-17-27)20-28(36)34(19-22-8-7-9-24(32)18-22)21(2)29(37)33-30(3,4)5/h7-18,21H,6,19-20H2,1-5H3,(H,33,37)/t21-/m1/s1. The zero-order chi connectivity index (χ0) is 30.4. The number of nitrogens with one attached hydrogen (secondary N) is 1. The Labute approximate surface area is 252 Å². The van der Waals surface area contributed by atoms with Crippen LogP contribution in [0.5, 0.6) is 5.75 Å². The lowest BCUT2D eigenvalue weighted by Gasteiger charge is -2.33. The zero-order valence-corrected chi connectivity index (χ0v) is 26.1. The molecule has 0 spiro atoms. The summed E-state index contributed by atoms with van der Waals surface area (Å²) in [6, 6.07) is 18.1. The highest BCUT2D eigenvalue weighted by molar-refractivity contribution is 7.92. The number of rotatable bonds is 11. The molecule has 0 bridgehead atoms. The van der Waals surface area contributed by atoms with Crippen LogP contribution < -0.4 is 14.4 Å². The van der Waals surface area contributed by atoms with E-state index in [2.05, 4.69) is 5.32 Å². The fourth-order valence-corrected chi connectivity index (χ4v) is 5.78. The molecule has 1 atom stereocenters. The highest BCUT2D eigenvalue weighted by atomic mass is 35.5. The Morgan fingerprint density at radius 3 is 2.15 bits per heavy atom. The van der Waals surface area contributed by atoms with Crippen LogP contribution in [0.2, 0.25) is 10.0 Å². The van der Waals surface area contributed by atoms with Crippen molar-refractivity contribution in [2.45, 2.75) is 57.6 Å². The number of amides is 2. The van der Waals surface area contributed by atoms with Crippen molar-refractivity contribution in [3.63, 3.8) is 0 Å². The third-order valence-corrected chi connectivity index (χ3v) is 8.30. The molecule has 0 saturated heterocycles. The fourth-order valence-electron chi connectivity index (χ4n) is 4.03. The first-order valence-corrected chi connectivity index (χ1v) is 15.3. The first kappa shape index (κ1) is 32.2.